The maximum atomic E-state index is 13.2. The van der Waals surface area contributed by atoms with Gasteiger partial charge in [-0.05, 0) is 55.3 Å². The highest BCUT2D eigenvalue weighted by Gasteiger charge is 2.29. The predicted octanol–water partition coefficient (Wildman–Crippen LogP) is 3.01. The van der Waals surface area contributed by atoms with E-state index in [4.69, 9.17) is 17.3 Å². The lowest BCUT2D eigenvalue weighted by atomic mass is 9.71. The van der Waals surface area contributed by atoms with Gasteiger partial charge in [-0.15, -0.1) is 0 Å². The summed E-state index contributed by atoms with van der Waals surface area (Å²) in [6.45, 7) is 0.751. The van der Waals surface area contributed by atoms with Gasteiger partial charge in [0.15, 0.2) is 0 Å². The van der Waals surface area contributed by atoms with E-state index in [-0.39, 0.29) is 10.8 Å². The molecule has 82 valence electrons. The monoisotopic (exact) mass is 227 g/mol. The van der Waals surface area contributed by atoms with Crippen molar-refractivity contribution in [1.82, 2.24) is 0 Å². The van der Waals surface area contributed by atoms with E-state index in [1.54, 1.807) is 6.07 Å². The largest absolute Gasteiger partial charge is 0.330 e. The molecule has 1 nitrogen and oxygen atoms in total. The minimum absolute atomic E-state index is 0.197. The van der Waals surface area contributed by atoms with Crippen molar-refractivity contribution in [2.24, 2.45) is 17.6 Å². The van der Waals surface area contributed by atoms with Crippen LogP contribution in [0.1, 0.15) is 18.4 Å². The number of benzene rings is 1. The van der Waals surface area contributed by atoms with Crippen molar-refractivity contribution in [3.8, 4) is 0 Å². The summed E-state index contributed by atoms with van der Waals surface area (Å²) in [6, 6.07) is 5.06. The molecule has 1 aliphatic rings. The maximum absolute atomic E-state index is 13.2. The molecule has 0 heterocycles. The highest BCUT2D eigenvalue weighted by Crippen LogP contribution is 2.36. The van der Waals surface area contributed by atoms with Crippen LogP contribution in [0.15, 0.2) is 18.2 Å². The van der Waals surface area contributed by atoms with Gasteiger partial charge in [0.05, 0.1) is 5.02 Å². The maximum Gasteiger partial charge on any atom is 0.142 e. The number of halogens is 2. The Hall–Kier alpha value is -0.600. The van der Waals surface area contributed by atoms with Gasteiger partial charge in [-0.1, -0.05) is 17.7 Å². The summed E-state index contributed by atoms with van der Waals surface area (Å²) in [5, 5.41) is 0.197. The second kappa shape index (κ2) is 4.50. The average molecular weight is 228 g/mol. The summed E-state index contributed by atoms with van der Waals surface area (Å²) in [4.78, 5) is 0. The molecule has 0 aromatic heterocycles. The van der Waals surface area contributed by atoms with Crippen LogP contribution in [0.5, 0.6) is 0 Å². The number of nitrogens with two attached hydrogens (primary N) is 1. The first-order valence-corrected chi connectivity index (χ1v) is 5.72. The molecule has 1 aliphatic carbocycles. The van der Waals surface area contributed by atoms with Crippen LogP contribution in [0.2, 0.25) is 5.02 Å². The Labute approximate surface area is 94.4 Å². The zero-order chi connectivity index (χ0) is 10.8. The van der Waals surface area contributed by atoms with E-state index in [1.807, 2.05) is 6.07 Å². The van der Waals surface area contributed by atoms with Crippen LogP contribution in [-0.4, -0.2) is 6.54 Å². The third-order valence-electron chi connectivity index (χ3n) is 3.36. The number of hydrogen-bond donors (Lipinski definition) is 1. The smallest absolute Gasteiger partial charge is 0.142 e. The van der Waals surface area contributed by atoms with Crippen LogP contribution in [0.25, 0.3) is 0 Å². The van der Waals surface area contributed by atoms with Gasteiger partial charge in [0.1, 0.15) is 5.82 Å². The summed E-state index contributed by atoms with van der Waals surface area (Å²) >= 11 is 5.63. The fourth-order valence-corrected chi connectivity index (χ4v) is 2.30. The van der Waals surface area contributed by atoms with Gasteiger partial charge in [0.25, 0.3) is 0 Å². The fourth-order valence-electron chi connectivity index (χ4n) is 2.19. The second-order valence-electron chi connectivity index (χ2n) is 4.29. The van der Waals surface area contributed by atoms with E-state index in [0.717, 1.165) is 18.5 Å². The van der Waals surface area contributed by atoms with E-state index in [0.29, 0.717) is 11.8 Å². The Bertz CT molecular complexity index is 351. The normalized spacial score (nSPS) is 25.0. The van der Waals surface area contributed by atoms with Gasteiger partial charge in [0, 0.05) is 0 Å². The summed E-state index contributed by atoms with van der Waals surface area (Å²) in [7, 11) is 0. The van der Waals surface area contributed by atoms with Crippen molar-refractivity contribution in [2.45, 2.75) is 19.3 Å². The highest BCUT2D eigenvalue weighted by molar-refractivity contribution is 6.30. The zero-order valence-corrected chi connectivity index (χ0v) is 9.30. The molecule has 15 heavy (non-hydrogen) atoms. The summed E-state index contributed by atoms with van der Waals surface area (Å²) < 4.78 is 13.2. The van der Waals surface area contributed by atoms with E-state index >= 15 is 0 Å². The molecule has 1 aromatic carbocycles. The summed E-state index contributed by atoms with van der Waals surface area (Å²) in [5.41, 5.74) is 6.66. The number of rotatable bonds is 3. The molecule has 0 bridgehead atoms. The van der Waals surface area contributed by atoms with Gasteiger partial charge >= 0.3 is 0 Å². The van der Waals surface area contributed by atoms with Crippen molar-refractivity contribution >= 4 is 11.6 Å². The lowest BCUT2D eigenvalue weighted by Crippen LogP contribution is -2.33. The van der Waals surface area contributed by atoms with Crippen LogP contribution >= 0.6 is 11.6 Å². The predicted molar refractivity (Wildman–Crippen MR) is 60.4 cm³/mol. The molecule has 0 aliphatic heterocycles. The number of hydrogen-bond acceptors (Lipinski definition) is 1. The summed E-state index contributed by atoms with van der Waals surface area (Å²) in [5.74, 6) is 0.942. The van der Waals surface area contributed by atoms with Crippen LogP contribution in [0.3, 0.4) is 0 Å². The Kier molecular flexibility index (Phi) is 3.27. The van der Waals surface area contributed by atoms with E-state index < -0.39 is 0 Å². The van der Waals surface area contributed by atoms with E-state index in [2.05, 4.69) is 0 Å². The Morgan fingerprint density at radius 3 is 2.60 bits per heavy atom. The first kappa shape index (κ1) is 10.9. The Morgan fingerprint density at radius 2 is 2.07 bits per heavy atom. The molecule has 1 fully saturated rings. The van der Waals surface area contributed by atoms with Crippen molar-refractivity contribution in [2.75, 3.05) is 6.54 Å². The van der Waals surface area contributed by atoms with Gasteiger partial charge in [-0.2, -0.15) is 0 Å². The Balaban J connectivity index is 2.02. The molecule has 0 saturated heterocycles. The molecular weight excluding hydrogens is 213 g/mol. The van der Waals surface area contributed by atoms with Crippen LogP contribution in [-0.2, 0) is 6.42 Å². The highest BCUT2D eigenvalue weighted by atomic mass is 35.5. The Morgan fingerprint density at radius 1 is 1.33 bits per heavy atom. The fraction of sp³-hybridized carbons (Fsp3) is 0.500. The van der Waals surface area contributed by atoms with Gasteiger partial charge in [-0.3, -0.25) is 0 Å². The van der Waals surface area contributed by atoms with Crippen LogP contribution in [0, 0.1) is 17.7 Å². The first-order valence-electron chi connectivity index (χ1n) is 5.34. The molecule has 1 saturated carbocycles. The third-order valence-corrected chi connectivity index (χ3v) is 3.67. The van der Waals surface area contributed by atoms with E-state index in [9.17, 15) is 4.39 Å². The molecule has 0 amide bonds. The SMILES string of the molecule is NCC1CCC1Cc1ccc(Cl)c(F)c1. The molecule has 3 heteroatoms. The van der Waals surface area contributed by atoms with Crippen molar-refractivity contribution < 1.29 is 4.39 Å². The molecule has 2 N–H and O–H groups in total. The van der Waals surface area contributed by atoms with Crippen molar-refractivity contribution in [1.29, 1.82) is 0 Å². The lowest BCUT2D eigenvalue weighted by Gasteiger charge is -2.36. The molecule has 2 atom stereocenters. The van der Waals surface area contributed by atoms with Gasteiger partial charge in [-0.25, -0.2) is 4.39 Å². The molecule has 1 aromatic rings. The molecule has 0 spiro atoms. The minimum atomic E-state index is -0.321. The standard InChI is InChI=1S/C12H15ClFN/c13-11-4-1-8(6-12(11)14)5-9-2-3-10(9)7-15/h1,4,6,9-10H,2-3,5,7,15H2. The van der Waals surface area contributed by atoms with Crippen molar-refractivity contribution in [3.05, 3.63) is 34.6 Å². The third kappa shape index (κ3) is 2.32. The van der Waals surface area contributed by atoms with Gasteiger partial charge < -0.3 is 5.73 Å². The molecule has 2 rings (SSSR count). The van der Waals surface area contributed by atoms with Crippen LogP contribution < -0.4 is 5.73 Å². The quantitative estimate of drug-likeness (QED) is 0.844. The second-order valence-corrected chi connectivity index (χ2v) is 4.69. The van der Waals surface area contributed by atoms with Gasteiger partial charge in [0.2, 0.25) is 0 Å². The topological polar surface area (TPSA) is 26.0 Å². The molecular formula is C12H15ClFN. The zero-order valence-electron chi connectivity index (χ0n) is 8.55. The minimum Gasteiger partial charge on any atom is -0.330 e. The van der Waals surface area contributed by atoms with E-state index in [1.165, 1.54) is 18.9 Å². The van der Waals surface area contributed by atoms with Crippen molar-refractivity contribution in [3.63, 3.8) is 0 Å². The van der Waals surface area contributed by atoms with Crippen LogP contribution in [0.4, 0.5) is 4.39 Å². The molecule has 2 unspecified atom stereocenters. The lowest BCUT2D eigenvalue weighted by molar-refractivity contribution is 0.183. The summed E-state index contributed by atoms with van der Waals surface area (Å²) in [6.07, 6.45) is 3.36. The molecule has 0 radical (unpaired) electrons. The first-order chi connectivity index (χ1) is 7.20. The average Bonchev–Trinajstić information content (AvgIpc) is 2.19.